The zero-order chi connectivity index (χ0) is 23.3. The normalized spacial score (nSPS) is 12.5. The largest absolute Gasteiger partial charge is 0.354 e. The molecule has 3 aromatic carbocycles. The van der Waals surface area contributed by atoms with Crippen LogP contribution >= 0.6 is 0 Å². The maximum absolute atomic E-state index is 13.0. The fourth-order valence-corrected chi connectivity index (χ4v) is 4.76. The number of sulfonamides is 1. The Kier molecular flexibility index (Phi) is 6.86. The minimum absolute atomic E-state index is 0.126. The fourth-order valence-electron chi connectivity index (χ4n) is 3.56. The quantitative estimate of drug-likeness (QED) is 0.355. The molecule has 4 aromatic rings. The van der Waals surface area contributed by atoms with Gasteiger partial charge in [0, 0.05) is 13.0 Å². The van der Waals surface area contributed by atoms with Gasteiger partial charge in [-0.2, -0.15) is 4.72 Å². The summed E-state index contributed by atoms with van der Waals surface area (Å²) in [7, 11) is -3.87. The van der Waals surface area contributed by atoms with Gasteiger partial charge in [-0.25, -0.2) is 13.4 Å². The molecule has 8 heteroatoms. The molecule has 0 aliphatic heterocycles. The topological polar surface area (TPSA) is 104 Å². The number of nitrogens with zero attached hydrogens (tertiary/aromatic N) is 1. The molecule has 0 spiro atoms. The molecular weight excluding hydrogens is 436 g/mol. The number of H-pyrrole nitrogens is 1. The van der Waals surface area contributed by atoms with Gasteiger partial charge in [-0.3, -0.25) is 4.79 Å². The number of nitrogens with one attached hydrogen (secondary N) is 3. The number of imidazole rings is 1. The van der Waals surface area contributed by atoms with Crippen LogP contribution in [0.25, 0.3) is 11.0 Å². The predicted octanol–water partition coefficient (Wildman–Crippen LogP) is 3.12. The van der Waals surface area contributed by atoms with E-state index in [2.05, 4.69) is 20.0 Å². The third kappa shape index (κ3) is 5.85. The van der Waals surface area contributed by atoms with Crippen molar-refractivity contribution in [3.8, 4) is 0 Å². The summed E-state index contributed by atoms with van der Waals surface area (Å²) in [6.07, 6.45) is 0.742. The molecule has 3 N–H and O–H groups in total. The molecule has 1 heterocycles. The molecule has 0 saturated carbocycles. The molecule has 1 unspecified atom stereocenters. The molecule has 1 amide bonds. The Morgan fingerprint density at radius 2 is 1.67 bits per heavy atom. The van der Waals surface area contributed by atoms with Gasteiger partial charge in [0.2, 0.25) is 15.9 Å². The SMILES string of the molecule is Cc1ccc(S(=O)(=O)NC(Cc2ccccc2)C(=O)NCCc2nc3ccccc3[nH]2)cc1. The first-order valence-corrected chi connectivity index (χ1v) is 12.2. The molecular formula is C25H26N4O3S. The standard InChI is InChI=1S/C25H26N4O3S/c1-18-11-13-20(14-12-18)33(31,32)29-23(17-19-7-3-2-4-8-19)25(30)26-16-15-24-27-21-9-5-6-10-22(21)28-24/h2-14,23,29H,15-17H2,1H3,(H,26,30)(H,27,28). The van der Waals surface area contributed by atoms with Crippen molar-refractivity contribution in [1.82, 2.24) is 20.0 Å². The second-order valence-corrected chi connectivity index (χ2v) is 9.63. The van der Waals surface area contributed by atoms with E-state index in [-0.39, 0.29) is 17.2 Å². The van der Waals surface area contributed by atoms with E-state index in [1.165, 1.54) is 12.1 Å². The van der Waals surface area contributed by atoms with Crippen molar-refractivity contribution in [2.75, 3.05) is 6.54 Å². The average molecular weight is 463 g/mol. The Morgan fingerprint density at radius 3 is 2.39 bits per heavy atom. The van der Waals surface area contributed by atoms with E-state index < -0.39 is 16.1 Å². The Bertz CT molecular complexity index is 1300. The van der Waals surface area contributed by atoms with Crippen molar-refractivity contribution in [1.29, 1.82) is 0 Å². The summed E-state index contributed by atoms with van der Waals surface area (Å²) >= 11 is 0. The van der Waals surface area contributed by atoms with Crippen LogP contribution in [-0.2, 0) is 27.7 Å². The summed E-state index contributed by atoms with van der Waals surface area (Å²) in [5.41, 5.74) is 3.62. The lowest BCUT2D eigenvalue weighted by Gasteiger charge is -2.19. The first kappa shape index (κ1) is 22.7. The van der Waals surface area contributed by atoms with E-state index in [0.717, 1.165) is 28.0 Å². The number of para-hydroxylation sites is 2. The summed E-state index contributed by atoms with van der Waals surface area (Å²) in [4.78, 5) is 20.9. The highest BCUT2D eigenvalue weighted by Crippen LogP contribution is 2.13. The van der Waals surface area contributed by atoms with Crippen LogP contribution in [0, 0.1) is 6.92 Å². The zero-order valence-corrected chi connectivity index (χ0v) is 19.1. The van der Waals surface area contributed by atoms with Gasteiger partial charge < -0.3 is 10.3 Å². The number of aryl methyl sites for hydroxylation is 1. The Morgan fingerprint density at radius 1 is 0.970 bits per heavy atom. The highest BCUT2D eigenvalue weighted by molar-refractivity contribution is 7.89. The van der Waals surface area contributed by atoms with E-state index >= 15 is 0 Å². The number of amides is 1. The number of hydrogen-bond donors (Lipinski definition) is 3. The van der Waals surface area contributed by atoms with E-state index in [1.54, 1.807) is 12.1 Å². The first-order valence-electron chi connectivity index (χ1n) is 10.7. The minimum atomic E-state index is -3.87. The highest BCUT2D eigenvalue weighted by Gasteiger charge is 2.26. The number of benzene rings is 3. The van der Waals surface area contributed by atoms with E-state index in [9.17, 15) is 13.2 Å². The second-order valence-electron chi connectivity index (χ2n) is 7.92. The number of hydrogen-bond acceptors (Lipinski definition) is 4. The van der Waals surface area contributed by atoms with Gasteiger partial charge in [0.05, 0.1) is 15.9 Å². The number of carbonyl (C=O) groups is 1. The van der Waals surface area contributed by atoms with Gasteiger partial charge in [0.25, 0.3) is 0 Å². The summed E-state index contributed by atoms with van der Waals surface area (Å²) in [6, 6.07) is 22.6. The molecule has 33 heavy (non-hydrogen) atoms. The Labute approximate surface area is 193 Å². The molecule has 4 rings (SSSR count). The van der Waals surface area contributed by atoms with Gasteiger partial charge in [-0.15, -0.1) is 0 Å². The second kappa shape index (κ2) is 9.97. The lowest BCUT2D eigenvalue weighted by atomic mass is 10.1. The van der Waals surface area contributed by atoms with Crippen LogP contribution in [0.1, 0.15) is 17.0 Å². The van der Waals surface area contributed by atoms with Gasteiger partial charge in [-0.1, -0.05) is 60.2 Å². The van der Waals surface area contributed by atoms with Crippen molar-refractivity contribution < 1.29 is 13.2 Å². The van der Waals surface area contributed by atoms with Gasteiger partial charge in [0.15, 0.2) is 0 Å². The third-order valence-electron chi connectivity index (χ3n) is 5.33. The summed E-state index contributed by atoms with van der Waals surface area (Å²) < 4.78 is 28.5. The smallest absolute Gasteiger partial charge is 0.241 e. The van der Waals surface area contributed by atoms with Gasteiger partial charge in [-0.05, 0) is 43.2 Å². The van der Waals surface area contributed by atoms with Crippen LogP contribution in [0.3, 0.4) is 0 Å². The van der Waals surface area contributed by atoms with Crippen molar-refractivity contribution in [2.45, 2.75) is 30.7 Å². The van der Waals surface area contributed by atoms with Crippen LogP contribution in [0.15, 0.2) is 83.8 Å². The predicted molar refractivity (Wildman–Crippen MR) is 128 cm³/mol. The van der Waals surface area contributed by atoms with Crippen LogP contribution in [0.5, 0.6) is 0 Å². The van der Waals surface area contributed by atoms with Gasteiger partial charge in [0.1, 0.15) is 11.9 Å². The molecule has 0 aliphatic rings. The first-order chi connectivity index (χ1) is 15.9. The number of rotatable bonds is 9. The maximum Gasteiger partial charge on any atom is 0.241 e. The number of fused-ring (bicyclic) bond motifs is 1. The maximum atomic E-state index is 13.0. The minimum Gasteiger partial charge on any atom is -0.354 e. The molecule has 1 aromatic heterocycles. The fraction of sp³-hybridized carbons (Fsp3) is 0.200. The average Bonchev–Trinajstić information content (AvgIpc) is 3.22. The van der Waals surface area contributed by atoms with Crippen molar-refractivity contribution in [3.63, 3.8) is 0 Å². The molecule has 0 saturated heterocycles. The van der Waals surface area contributed by atoms with Crippen molar-refractivity contribution in [3.05, 3.63) is 95.8 Å². The highest BCUT2D eigenvalue weighted by atomic mass is 32.2. The van der Waals surface area contributed by atoms with Crippen molar-refractivity contribution >= 4 is 27.0 Å². The molecule has 0 fully saturated rings. The molecule has 1 atom stereocenters. The Hall–Kier alpha value is -3.49. The van der Waals surface area contributed by atoms with Gasteiger partial charge >= 0.3 is 0 Å². The van der Waals surface area contributed by atoms with Crippen LogP contribution in [-0.4, -0.2) is 36.9 Å². The third-order valence-corrected chi connectivity index (χ3v) is 6.81. The molecule has 7 nitrogen and oxygen atoms in total. The van der Waals surface area contributed by atoms with E-state index in [1.807, 2.05) is 61.5 Å². The summed E-state index contributed by atoms with van der Waals surface area (Å²) in [5.74, 6) is 0.377. The number of aromatic amines is 1. The lowest BCUT2D eigenvalue weighted by molar-refractivity contribution is -0.122. The van der Waals surface area contributed by atoms with E-state index in [4.69, 9.17) is 0 Å². The van der Waals surface area contributed by atoms with Crippen molar-refractivity contribution in [2.24, 2.45) is 0 Å². The molecule has 0 aliphatic carbocycles. The summed E-state index contributed by atoms with van der Waals surface area (Å²) in [6.45, 7) is 2.22. The van der Waals surface area contributed by atoms with Crippen LogP contribution < -0.4 is 10.0 Å². The Balaban J connectivity index is 1.45. The number of aromatic nitrogens is 2. The van der Waals surface area contributed by atoms with Crippen LogP contribution in [0.2, 0.25) is 0 Å². The lowest BCUT2D eigenvalue weighted by Crippen LogP contribution is -2.48. The summed E-state index contributed by atoms with van der Waals surface area (Å²) in [5, 5.41) is 2.85. The molecule has 0 bridgehead atoms. The molecule has 170 valence electrons. The molecule has 0 radical (unpaired) electrons. The van der Waals surface area contributed by atoms with Crippen LogP contribution in [0.4, 0.5) is 0 Å². The zero-order valence-electron chi connectivity index (χ0n) is 18.3. The van der Waals surface area contributed by atoms with E-state index in [0.29, 0.717) is 13.0 Å². The number of carbonyl (C=O) groups excluding carboxylic acids is 1. The monoisotopic (exact) mass is 462 g/mol.